The molecule has 0 saturated carbocycles. The zero-order valence-corrected chi connectivity index (χ0v) is 22.0. The van der Waals surface area contributed by atoms with Gasteiger partial charge in [-0.05, 0) is 42.0 Å². The molecular weight excluding hydrogens is 488 g/mol. The van der Waals surface area contributed by atoms with Gasteiger partial charge in [0.1, 0.15) is 18.4 Å². The lowest BCUT2D eigenvalue weighted by Crippen LogP contribution is -2.53. The maximum Gasteiger partial charge on any atom is 0.408 e. The SMILES string of the molecule is CC(C)C[C@H](NC(=O)OCc1ccccc1)C(=O)N[C@@H](Cc1ccccc1)C(=O)CSCc1ccco1. The van der Waals surface area contributed by atoms with E-state index >= 15 is 0 Å². The van der Waals surface area contributed by atoms with Crippen LogP contribution >= 0.6 is 11.8 Å². The number of hydrogen-bond donors (Lipinski definition) is 2. The molecule has 2 aromatic carbocycles. The van der Waals surface area contributed by atoms with Crippen LogP contribution < -0.4 is 10.6 Å². The molecule has 2 amide bonds. The van der Waals surface area contributed by atoms with Crippen LogP contribution in [0.5, 0.6) is 0 Å². The first-order chi connectivity index (χ1) is 17.9. The monoisotopic (exact) mass is 522 g/mol. The highest BCUT2D eigenvalue weighted by Gasteiger charge is 2.28. The second-order valence-electron chi connectivity index (χ2n) is 9.18. The Bertz CT molecular complexity index is 1100. The smallest absolute Gasteiger partial charge is 0.408 e. The standard InChI is InChI=1S/C29H34N2O5S/c1-21(2)16-26(31-29(34)36-18-23-12-7-4-8-13-23)28(33)30-25(17-22-10-5-3-6-11-22)27(32)20-37-19-24-14-9-15-35-24/h3-15,21,25-26H,16-20H2,1-2H3,(H,30,33)(H,31,34)/t25-,26-/m0/s1. The minimum Gasteiger partial charge on any atom is -0.468 e. The normalized spacial score (nSPS) is 12.5. The van der Waals surface area contributed by atoms with E-state index in [0.717, 1.165) is 16.9 Å². The zero-order valence-electron chi connectivity index (χ0n) is 21.2. The summed E-state index contributed by atoms with van der Waals surface area (Å²) in [5.41, 5.74) is 1.79. The summed E-state index contributed by atoms with van der Waals surface area (Å²) in [4.78, 5) is 38.9. The molecule has 1 heterocycles. The van der Waals surface area contributed by atoms with Crippen LogP contribution in [0.4, 0.5) is 4.79 Å². The number of benzene rings is 2. The Kier molecular flexibility index (Phi) is 11.3. The molecule has 2 atom stereocenters. The number of nitrogens with one attached hydrogen (secondary N) is 2. The molecule has 0 bridgehead atoms. The molecule has 3 aromatic rings. The number of carbonyl (C=O) groups is 3. The third kappa shape index (κ3) is 10.2. The van der Waals surface area contributed by atoms with Crippen molar-refractivity contribution in [2.45, 2.75) is 51.1 Å². The maximum absolute atomic E-state index is 13.3. The molecule has 8 heteroatoms. The molecule has 1 aromatic heterocycles. The van der Waals surface area contributed by atoms with Gasteiger partial charge in [0.05, 0.1) is 23.8 Å². The van der Waals surface area contributed by atoms with Crippen molar-refractivity contribution in [3.8, 4) is 0 Å². The molecule has 0 fully saturated rings. The average molecular weight is 523 g/mol. The predicted octanol–water partition coefficient (Wildman–Crippen LogP) is 5.15. The topological polar surface area (TPSA) is 97.6 Å². The Morgan fingerprint density at radius 1 is 0.865 bits per heavy atom. The van der Waals surface area contributed by atoms with E-state index in [9.17, 15) is 14.4 Å². The van der Waals surface area contributed by atoms with Gasteiger partial charge in [0.2, 0.25) is 5.91 Å². The van der Waals surface area contributed by atoms with Crippen LogP contribution in [-0.2, 0) is 33.1 Å². The summed E-state index contributed by atoms with van der Waals surface area (Å²) < 4.78 is 10.7. The molecule has 196 valence electrons. The molecule has 3 rings (SSSR count). The largest absolute Gasteiger partial charge is 0.468 e. The third-order valence-corrected chi connectivity index (χ3v) is 6.56. The molecule has 0 spiro atoms. The molecule has 0 saturated heterocycles. The van der Waals surface area contributed by atoms with E-state index in [-0.39, 0.29) is 24.1 Å². The number of rotatable bonds is 14. The van der Waals surface area contributed by atoms with Crippen LogP contribution in [0.3, 0.4) is 0 Å². The van der Waals surface area contributed by atoms with Gasteiger partial charge in [0, 0.05) is 0 Å². The number of amides is 2. The van der Waals surface area contributed by atoms with Crippen molar-refractivity contribution in [2.75, 3.05) is 5.75 Å². The van der Waals surface area contributed by atoms with Gasteiger partial charge in [-0.25, -0.2) is 4.79 Å². The van der Waals surface area contributed by atoms with Gasteiger partial charge in [0.15, 0.2) is 5.78 Å². The summed E-state index contributed by atoms with van der Waals surface area (Å²) in [6.45, 7) is 4.04. The Balaban J connectivity index is 1.63. The molecule has 0 unspecified atom stereocenters. The Morgan fingerprint density at radius 2 is 1.54 bits per heavy atom. The van der Waals surface area contributed by atoms with Gasteiger partial charge >= 0.3 is 6.09 Å². The lowest BCUT2D eigenvalue weighted by Gasteiger charge is -2.24. The minimum atomic E-state index is -0.829. The summed E-state index contributed by atoms with van der Waals surface area (Å²) in [5.74, 6) is 1.21. The second kappa shape index (κ2) is 14.9. The fraction of sp³-hybridized carbons (Fsp3) is 0.345. The first-order valence-corrected chi connectivity index (χ1v) is 13.5. The number of alkyl carbamates (subject to hydrolysis) is 1. The average Bonchev–Trinajstić information content (AvgIpc) is 3.41. The van der Waals surface area contributed by atoms with Crippen LogP contribution in [0.2, 0.25) is 0 Å². The van der Waals surface area contributed by atoms with E-state index < -0.39 is 24.1 Å². The van der Waals surface area contributed by atoms with E-state index in [0.29, 0.717) is 18.6 Å². The van der Waals surface area contributed by atoms with E-state index in [1.165, 1.54) is 11.8 Å². The second-order valence-corrected chi connectivity index (χ2v) is 10.2. The lowest BCUT2D eigenvalue weighted by atomic mass is 10.00. The van der Waals surface area contributed by atoms with Crippen LogP contribution in [0.15, 0.2) is 83.5 Å². The molecule has 7 nitrogen and oxygen atoms in total. The molecule has 0 radical (unpaired) electrons. The summed E-state index contributed by atoms with van der Waals surface area (Å²) >= 11 is 1.43. The van der Waals surface area contributed by atoms with E-state index in [4.69, 9.17) is 9.15 Å². The maximum atomic E-state index is 13.3. The number of hydrogen-bond acceptors (Lipinski definition) is 6. The highest BCUT2D eigenvalue weighted by Crippen LogP contribution is 2.15. The number of Topliss-reactive ketones (excluding diaryl/α,β-unsaturated/α-hetero) is 1. The van der Waals surface area contributed by atoms with Crippen molar-refractivity contribution >= 4 is 29.5 Å². The summed E-state index contributed by atoms with van der Waals surface area (Å²) in [6, 6.07) is 21.0. The predicted molar refractivity (Wildman–Crippen MR) is 145 cm³/mol. The van der Waals surface area contributed by atoms with Crippen molar-refractivity contribution in [1.82, 2.24) is 10.6 Å². The van der Waals surface area contributed by atoms with Crippen LogP contribution in [0.25, 0.3) is 0 Å². The first kappa shape index (κ1) is 28.1. The van der Waals surface area contributed by atoms with Gasteiger partial charge in [-0.3, -0.25) is 9.59 Å². The van der Waals surface area contributed by atoms with Gasteiger partial charge in [0.25, 0.3) is 0 Å². The summed E-state index contributed by atoms with van der Waals surface area (Å²) in [6.07, 6.45) is 1.69. The molecule has 37 heavy (non-hydrogen) atoms. The summed E-state index contributed by atoms with van der Waals surface area (Å²) in [7, 11) is 0. The summed E-state index contributed by atoms with van der Waals surface area (Å²) in [5, 5.41) is 5.58. The molecular formula is C29H34N2O5S. The van der Waals surface area contributed by atoms with Crippen molar-refractivity contribution in [3.63, 3.8) is 0 Å². The zero-order chi connectivity index (χ0) is 26.5. The van der Waals surface area contributed by atoms with Crippen molar-refractivity contribution in [1.29, 1.82) is 0 Å². The quantitative estimate of drug-likeness (QED) is 0.304. The van der Waals surface area contributed by atoms with Crippen molar-refractivity contribution in [2.24, 2.45) is 5.92 Å². The van der Waals surface area contributed by atoms with E-state index in [1.54, 1.807) is 6.26 Å². The number of ketones is 1. The number of thioether (sulfide) groups is 1. The van der Waals surface area contributed by atoms with Gasteiger partial charge in [-0.1, -0.05) is 74.5 Å². The van der Waals surface area contributed by atoms with E-state index in [2.05, 4.69) is 10.6 Å². The van der Waals surface area contributed by atoms with E-state index in [1.807, 2.05) is 86.6 Å². The van der Waals surface area contributed by atoms with Gasteiger partial charge < -0.3 is 19.8 Å². The Hall–Kier alpha value is -3.52. The van der Waals surface area contributed by atoms with Gasteiger partial charge in [-0.15, -0.1) is 11.8 Å². The molecule has 0 aliphatic heterocycles. The minimum absolute atomic E-state index is 0.0938. The highest BCUT2D eigenvalue weighted by molar-refractivity contribution is 7.99. The fourth-order valence-corrected chi connectivity index (χ4v) is 4.59. The number of furan rings is 1. The van der Waals surface area contributed by atoms with Gasteiger partial charge in [-0.2, -0.15) is 0 Å². The molecule has 0 aliphatic carbocycles. The van der Waals surface area contributed by atoms with Crippen LogP contribution in [0, 0.1) is 5.92 Å². The van der Waals surface area contributed by atoms with Crippen LogP contribution in [-0.4, -0.2) is 35.6 Å². The highest BCUT2D eigenvalue weighted by atomic mass is 32.2. The third-order valence-electron chi connectivity index (χ3n) is 5.58. The Morgan fingerprint density at radius 3 is 2.16 bits per heavy atom. The molecule has 2 N–H and O–H groups in total. The number of carbonyl (C=O) groups excluding carboxylic acids is 3. The van der Waals surface area contributed by atoms with Crippen molar-refractivity contribution < 1.29 is 23.5 Å². The first-order valence-electron chi connectivity index (χ1n) is 12.3. The fourth-order valence-electron chi connectivity index (χ4n) is 3.72. The number of ether oxygens (including phenoxy) is 1. The Labute approximate surface area is 222 Å². The molecule has 0 aliphatic rings. The lowest BCUT2D eigenvalue weighted by molar-refractivity contribution is -0.128. The van der Waals surface area contributed by atoms with Crippen molar-refractivity contribution in [3.05, 3.63) is 95.9 Å². The van der Waals surface area contributed by atoms with Crippen LogP contribution in [0.1, 0.15) is 37.2 Å².